The van der Waals surface area contributed by atoms with E-state index in [1.165, 1.54) is 31.6 Å². The number of hydrogen-bond acceptors (Lipinski definition) is 4. The van der Waals surface area contributed by atoms with Gasteiger partial charge in [-0.1, -0.05) is 31.4 Å². The maximum Gasteiger partial charge on any atom is 0.270 e. The zero-order chi connectivity index (χ0) is 18.4. The zero-order valence-corrected chi connectivity index (χ0v) is 14.5. The molecule has 25 heavy (non-hydrogen) atoms. The molecular weight excluding hydrogens is 322 g/mol. The molecule has 1 aliphatic carbocycles. The minimum atomic E-state index is -0.495. The Labute approximate surface area is 146 Å². The Morgan fingerprint density at radius 1 is 1.28 bits per heavy atom. The van der Waals surface area contributed by atoms with Gasteiger partial charge in [0.05, 0.1) is 4.92 Å². The summed E-state index contributed by atoms with van der Waals surface area (Å²) in [6.07, 6.45) is 6.74. The second-order valence-corrected chi connectivity index (χ2v) is 6.30. The van der Waals surface area contributed by atoms with Crippen LogP contribution in [-0.4, -0.2) is 34.7 Å². The summed E-state index contributed by atoms with van der Waals surface area (Å²) < 4.78 is 0. The van der Waals surface area contributed by atoms with Crippen molar-refractivity contribution >= 4 is 23.6 Å². The molecule has 1 saturated carbocycles. The van der Waals surface area contributed by atoms with E-state index in [1.54, 1.807) is 24.1 Å². The summed E-state index contributed by atoms with van der Waals surface area (Å²) in [7, 11) is 1.74. The molecule has 1 N–H and O–H groups in total. The van der Waals surface area contributed by atoms with Crippen molar-refractivity contribution in [3.05, 3.63) is 45.6 Å². The first kappa shape index (κ1) is 18.6. The van der Waals surface area contributed by atoms with Gasteiger partial charge in [0.25, 0.3) is 11.6 Å². The van der Waals surface area contributed by atoms with Crippen molar-refractivity contribution in [2.45, 2.75) is 45.1 Å². The number of carbonyl (C=O) groups is 2. The molecule has 0 unspecified atom stereocenters. The molecule has 0 atom stereocenters. The van der Waals surface area contributed by atoms with Crippen molar-refractivity contribution in [3.8, 4) is 0 Å². The second-order valence-electron chi connectivity index (χ2n) is 6.30. The van der Waals surface area contributed by atoms with Crippen LogP contribution in [0.5, 0.6) is 0 Å². The van der Waals surface area contributed by atoms with Crippen LogP contribution in [0.1, 0.15) is 44.6 Å². The Bertz CT molecular complexity index is 693. The van der Waals surface area contributed by atoms with E-state index in [0.717, 1.165) is 25.7 Å². The standard InChI is InChI=1S/C18H23N3O4/c1-13(22)19-17(12-14-7-6-10-16(11-14)21(24)25)18(23)20(2)15-8-4-3-5-9-15/h6-7,10-12,15H,3-5,8-9H2,1-2H3,(H,19,22). The van der Waals surface area contributed by atoms with E-state index in [0.29, 0.717) is 5.56 Å². The third kappa shape index (κ3) is 5.14. The van der Waals surface area contributed by atoms with Gasteiger partial charge in [0.1, 0.15) is 5.70 Å². The maximum atomic E-state index is 12.8. The summed E-state index contributed by atoms with van der Waals surface area (Å²) in [5, 5.41) is 13.5. The first-order valence-electron chi connectivity index (χ1n) is 8.39. The lowest BCUT2D eigenvalue weighted by atomic mass is 9.94. The number of nitro benzene ring substituents is 1. The van der Waals surface area contributed by atoms with Gasteiger partial charge in [0, 0.05) is 32.1 Å². The van der Waals surface area contributed by atoms with Crippen LogP contribution in [0, 0.1) is 10.1 Å². The van der Waals surface area contributed by atoms with Crippen molar-refractivity contribution in [3.63, 3.8) is 0 Å². The second kappa shape index (κ2) is 8.41. The molecule has 0 saturated heterocycles. The van der Waals surface area contributed by atoms with Crippen LogP contribution in [0.15, 0.2) is 30.0 Å². The molecule has 0 bridgehead atoms. The number of carbonyl (C=O) groups excluding carboxylic acids is 2. The SMILES string of the molecule is CC(=O)NC(=Cc1cccc([N+](=O)[O-])c1)C(=O)N(C)C1CCCCC1. The van der Waals surface area contributed by atoms with Crippen LogP contribution in [-0.2, 0) is 9.59 Å². The third-order valence-electron chi connectivity index (χ3n) is 4.38. The average Bonchev–Trinajstić information content (AvgIpc) is 2.60. The molecule has 134 valence electrons. The van der Waals surface area contributed by atoms with Crippen LogP contribution in [0.4, 0.5) is 5.69 Å². The van der Waals surface area contributed by atoms with Gasteiger partial charge < -0.3 is 10.2 Å². The Balaban J connectivity index is 2.28. The summed E-state index contributed by atoms with van der Waals surface area (Å²) >= 11 is 0. The maximum absolute atomic E-state index is 12.8. The number of non-ortho nitro benzene ring substituents is 1. The van der Waals surface area contributed by atoms with Crippen molar-refractivity contribution in [2.75, 3.05) is 7.05 Å². The van der Waals surface area contributed by atoms with E-state index < -0.39 is 4.92 Å². The van der Waals surface area contributed by atoms with E-state index in [9.17, 15) is 19.7 Å². The fourth-order valence-electron chi connectivity index (χ4n) is 3.06. The monoisotopic (exact) mass is 345 g/mol. The quantitative estimate of drug-likeness (QED) is 0.504. The van der Waals surface area contributed by atoms with Crippen molar-refractivity contribution < 1.29 is 14.5 Å². The van der Waals surface area contributed by atoms with Crippen molar-refractivity contribution in [1.29, 1.82) is 0 Å². The van der Waals surface area contributed by atoms with Crippen LogP contribution in [0.25, 0.3) is 6.08 Å². The highest BCUT2D eigenvalue weighted by molar-refractivity contribution is 6.01. The molecule has 7 heteroatoms. The molecule has 1 aromatic rings. The number of hydrogen-bond donors (Lipinski definition) is 1. The first-order chi connectivity index (χ1) is 11.9. The highest BCUT2D eigenvalue weighted by Gasteiger charge is 2.25. The topological polar surface area (TPSA) is 92.5 Å². The van der Waals surface area contributed by atoms with Crippen molar-refractivity contribution in [1.82, 2.24) is 10.2 Å². The predicted molar refractivity (Wildman–Crippen MR) is 94.5 cm³/mol. The normalized spacial score (nSPS) is 15.5. The molecule has 2 amide bonds. The lowest BCUT2D eigenvalue weighted by Gasteiger charge is -2.31. The molecule has 0 aromatic heterocycles. The Hall–Kier alpha value is -2.70. The largest absolute Gasteiger partial charge is 0.337 e. The van der Waals surface area contributed by atoms with Gasteiger partial charge in [0.2, 0.25) is 5.91 Å². The molecule has 0 spiro atoms. The third-order valence-corrected chi connectivity index (χ3v) is 4.38. The molecule has 1 fully saturated rings. The number of nitrogens with zero attached hydrogens (tertiary/aromatic N) is 2. The van der Waals surface area contributed by atoms with Crippen LogP contribution < -0.4 is 5.32 Å². The van der Waals surface area contributed by atoms with Crippen LogP contribution >= 0.6 is 0 Å². The van der Waals surface area contributed by atoms with Crippen LogP contribution in [0.3, 0.4) is 0 Å². The summed E-state index contributed by atoms with van der Waals surface area (Å²) in [6, 6.07) is 6.11. The van der Waals surface area contributed by atoms with Gasteiger partial charge in [-0.3, -0.25) is 19.7 Å². The summed E-state index contributed by atoms with van der Waals surface area (Å²) in [5.74, 6) is -0.643. The number of likely N-dealkylation sites (N-methyl/N-ethyl adjacent to an activating group) is 1. The molecule has 0 aliphatic heterocycles. The Morgan fingerprint density at radius 3 is 2.56 bits per heavy atom. The number of nitrogens with one attached hydrogen (secondary N) is 1. The number of amides is 2. The van der Waals surface area contributed by atoms with Crippen LogP contribution in [0.2, 0.25) is 0 Å². The summed E-state index contributed by atoms with van der Waals surface area (Å²) in [5.41, 5.74) is 0.549. The molecule has 7 nitrogen and oxygen atoms in total. The predicted octanol–water partition coefficient (Wildman–Crippen LogP) is 2.86. The number of benzene rings is 1. The fourth-order valence-corrected chi connectivity index (χ4v) is 3.06. The first-order valence-corrected chi connectivity index (χ1v) is 8.39. The molecule has 1 aliphatic rings. The Morgan fingerprint density at radius 2 is 1.96 bits per heavy atom. The van der Waals surface area contributed by atoms with Gasteiger partial charge in [-0.05, 0) is 24.5 Å². The lowest BCUT2D eigenvalue weighted by molar-refractivity contribution is -0.384. The van der Waals surface area contributed by atoms with Crippen molar-refractivity contribution in [2.24, 2.45) is 0 Å². The summed E-state index contributed by atoms with van der Waals surface area (Å²) in [6.45, 7) is 1.33. The van der Waals surface area contributed by atoms with Gasteiger partial charge in [-0.2, -0.15) is 0 Å². The van der Waals surface area contributed by atoms with Gasteiger partial charge >= 0.3 is 0 Å². The smallest absolute Gasteiger partial charge is 0.270 e. The molecule has 1 aromatic carbocycles. The van der Waals surface area contributed by atoms with E-state index in [-0.39, 0.29) is 29.2 Å². The van der Waals surface area contributed by atoms with E-state index in [1.807, 2.05) is 0 Å². The fraction of sp³-hybridized carbons (Fsp3) is 0.444. The van der Waals surface area contributed by atoms with E-state index in [2.05, 4.69) is 5.32 Å². The molecule has 2 rings (SSSR count). The molecule has 0 heterocycles. The zero-order valence-electron chi connectivity index (χ0n) is 14.5. The molecular formula is C18H23N3O4. The van der Waals surface area contributed by atoms with E-state index in [4.69, 9.17) is 0 Å². The lowest BCUT2D eigenvalue weighted by Crippen LogP contribution is -2.42. The van der Waals surface area contributed by atoms with E-state index >= 15 is 0 Å². The number of rotatable bonds is 5. The summed E-state index contributed by atoms with van der Waals surface area (Å²) in [4.78, 5) is 36.4. The van der Waals surface area contributed by atoms with Gasteiger partial charge in [0.15, 0.2) is 0 Å². The van der Waals surface area contributed by atoms with Gasteiger partial charge in [-0.15, -0.1) is 0 Å². The minimum Gasteiger partial charge on any atom is -0.337 e. The highest BCUT2D eigenvalue weighted by atomic mass is 16.6. The number of nitro groups is 1. The van der Waals surface area contributed by atoms with Gasteiger partial charge in [-0.25, -0.2) is 0 Å². The minimum absolute atomic E-state index is 0.0657. The Kier molecular flexibility index (Phi) is 6.27. The highest BCUT2D eigenvalue weighted by Crippen LogP contribution is 2.23. The average molecular weight is 345 g/mol. The molecule has 0 radical (unpaired) electrons.